The molecule has 12 heteroatoms. The highest BCUT2D eigenvalue weighted by molar-refractivity contribution is 6.33. The molecule has 1 saturated heterocycles. The molecule has 1 aliphatic heterocycles. The maximum atomic E-state index is 13.1. The van der Waals surface area contributed by atoms with Gasteiger partial charge < -0.3 is 25.0 Å². The van der Waals surface area contributed by atoms with Crippen LogP contribution in [0.5, 0.6) is 17.2 Å². The molecule has 8 nitrogen and oxygen atoms in total. The summed E-state index contributed by atoms with van der Waals surface area (Å²) in [5.41, 5.74) is 1.40. The van der Waals surface area contributed by atoms with Gasteiger partial charge in [0.1, 0.15) is 17.2 Å². The van der Waals surface area contributed by atoms with Gasteiger partial charge in [0.2, 0.25) is 5.91 Å². The summed E-state index contributed by atoms with van der Waals surface area (Å²) >= 11 is 6.40. The Morgan fingerprint density at radius 1 is 1.10 bits per heavy atom. The van der Waals surface area contributed by atoms with Crippen molar-refractivity contribution in [3.8, 4) is 17.2 Å². The number of nitrogens with zero attached hydrogens (tertiary/aromatic N) is 2. The molecule has 1 aromatic heterocycles. The number of aromatic nitrogens is 1. The smallest absolute Gasteiger partial charge is 0.422 e. The summed E-state index contributed by atoms with van der Waals surface area (Å²) in [6.45, 7) is 2.97. The van der Waals surface area contributed by atoms with E-state index in [4.69, 9.17) is 21.1 Å². The van der Waals surface area contributed by atoms with E-state index in [0.29, 0.717) is 59.6 Å². The minimum atomic E-state index is -4.51. The van der Waals surface area contributed by atoms with Crippen molar-refractivity contribution in [1.29, 1.82) is 0 Å². The van der Waals surface area contributed by atoms with Crippen molar-refractivity contribution in [3.05, 3.63) is 65.8 Å². The number of fused-ring (bicyclic) bond motifs is 1. The Morgan fingerprint density at radius 3 is 2.51 bits per heavy atom. The van der Waals surface area contributed by atoms with Gasteiger partial charge in [-0.25, -0.2) is 4.79 Å². The van der Waals surface area contributed by atoms with E-state index in [1.54, 1.807) is 35.2 Å². The predicted octanol–water partition coefficient (Wildman–Crippen LogP) is 6.80. The topological polar surface area (TPSA) is 92.8 Å². The van der Waals surface area contributed by atoms with Gasteiger partial charge >= 0.3 is 12.2 Å². The number of rotatable bonds is 8. The van der Waals surface area contributed by atoms with Crippen LogP contribution in [-0.4, -0.2) is 53.7 Å². The number of pyridine rings is 1. The largest absolute Gasteiger partial charge is 0.484 e. The number of likely N-dealkylation sites (tertiary alicyclic amines) is 1. The predicted molar refractivity (Wildman–Crippen MR) is 149 cm³/mol. The van der Waals surface area contributed by atoms with Crippen molar-refractivity contribution in [2.45, 2.75) is 43.8 Å². The van der Waals surface area contributed by atoms with E-state index in [1.165, 1.54) is 18.3 Å². The molecule has 2 fully saturated rings. The summed E-state index contributed by atoms with van der Waals surface area (Å²) in [7, 11) is 0. The SMILES string of the molecule is C=CC(=O)N1CCC(c2cc3c(Oc4ccc(NC(=O)NC5CC5)c(Cl)c4)ccnc3cc2OCC(F)(F)F)CC1. The van der Waals surface area contributed by atoms with Crippen LogP contribution in [-0.2, 0) is 4.79 Å². The molecule has 0 spiro atoms. The Bertz CT molecular complexity index is 1470. The van der Waals surface area contributed by atoms with Crippen molar-refractivity contribution >= 4 is 40.1 Å². The average Bonchev–Trinajstić information content (AvgIpc) is 3.76. The first-order valence-corrected chi connectivity index (χ1v) is 13.6. The number of hydrogen-bond donors (Lipinski definition) is 2. The van der Waals surface area contributed by atoms with Gasteiger partial charge in [-0.2, -0.15) is 13.2 Å². The van der Waals surface area contributed by atoms with Gasteiger partial charge in [-0.05, 0) is 67.5 Å². The van der Waals surface area contributed by atoms with E-state index < -0.39 is 12.8 Å². The minimum Gasteiger partial charge on any atom is -0.484 e. The maximum Gasteiger partial charge on any atom is 0.422 e. The van der Waals surface area contributed by atoms with E-state index in [2.05, 4.69) is 22.2 Å². The Balaban J connectivity index is 1.41. The van der Waals surface area contributed by atoms with Crippen LogP contribution >= 0.6 is 11.6 Å². The number of carbonyl (C=O) groups excluding carboxylic acids is 2. The molecule has 2 aromatic carbocycles. The van der Waals surface area contributed by atoms with E-state index in [1.807, 2.05) is 0 Å². The van der Waals surface area contributed by atoms with E-state index in [-0.39, 0.29) is 34.7 Å². The van der Waals surface area contributed by atoms with Crippen molar-refractivity contribution < 1.29 is 32.2 Å². The zero-order chi connectivity index (χ0) is 29.1. The summed E-state index contributed by atoms with van der Waals surface area (Å²) in [5.74, 6) is 0.577. The lowest BCUT2D eigenvalue weighted by atomic mass is 9.87. The number of nitrogens with one attached hydrogen (secondary N) is 2. The van der Waals surface area contributed by atoms with Crippen LogP contribution in [0.3, 0.4) is 0 Å². The molecule has 2 heterocycles. The zero-order valence-electron chi connectivity index (χ0n) is 22.0. The van der Waals surface area contributed by atoms with Gasteiger partial charge in [-0.1, -0.05) is 18.2 Å². The van der Waals surface area contributed by atoms with Gasteiger partial charge in [-0.3, -0.25) is 9.78 Å². The Kier molecular flexibility index (Phi) is 8.25. The third kappa shape index (κ3) is 7.21. The Morgan fingerprint density at radius 2 is 1.85 bits per heavy atom. The molecule has 216 valence electrons. The third-order valence-corrected chi connectivity index (χ3v) is 7.29. The molecular formula is C29H28ClF3N4O4. The highest BCUT2D eigenvalue weighted by atomic mass is 35.5. The molecule has 41 heavy (non-hydrogen) atoms. The van der Waals surface area contributed by atoms with Crippen molar-refractivity contribution in [1.82, 2.24) is 15.2 Å². The maximum absolute atomic E-state index is 13.1. The molecule has 2 N–H and O–H groups in total. The van der Waals surface area contributed by atoms with Crippen LogP contribution < -0.4 is 20.1 Å². The van der Waals surface area contributed by atoms with Crippen LogP contribution in [0.4, 0.5) is 23.7 Å². The molecule has 0 unspecified atom stereocenters. The number of benzene rings is 2. The molecule has 5 rings (SSSR count). The number of ether oxygens (including phenoxy) is 2. The molecular weight excluding hydrogens is 561 g/mol. The van der Waals surface area contributed by atoms with Crippen molar-refractivity contribution in [2.24, 2.45) is 0 Å². The second-order valence-electron chi connectivity index (χ2n) is 10.0. The van der Waals surface area contributed by atoms with Gasteiger partial charge in [-0.15, -0.1) is 0 Å². The molecule has 0 bridgehead atoms. The van der Waals surface area contributed by atoms with Gasteiger partial charge in [0.25, 0.3) is 0 Å². The molecule has 1 saturated carbocycles. The summed E-state index contributed by atoms with van der Waals surface area (Å²) in [6, 6.07) is 9.59. The van der Waals surface area contributed by atoms with Crippen LogP contribution in [0.1, 0.15) is 37.2 Å². The van der Waals surface area contributed by atoms with Crippen LogP contribution in [0, 0.1) is 0 Å². The molecule has 0 atom stereocenters. The second kappa shape index (κ2) is 11.9. The summed E-state index contributed by atoms with van der Waals surface area (Å²) < 4.78 is 50.5. The standard InChI is InChI=1S/C29H28ClF3N4O4/c1-2-27(38)37-11-8-17(9-12-37)20-14-21-24(15-26(20)40-16-29(31,32)33)34-10-7-25(21)41-19-5-6-23(22(30)13-19)36-28(39)35-18-3-4-18/h2,5-7,10,13-15,17-18H,1,3-4,8-9,11-12,16H2,(H2,35,36,39). The number of urea groups is 1. The summed E-state index contributed by atoms with van der Waals surface area (Å²) in [6.07, 6.45) is 1.23. The molecule has 0 radical (unpaired) electrons. The van der Waals surface area contributed by atoms with Crippen LogP contribution in [0.25, 0.3) is 10.9 Å². The lowest BCUT2D eigenvalue weighted by molar-refractivity contribution is -0.153. The number of carbonyl (C=O) groups is 2. The summed E-state index contributed by atoms with van der Waals surface area (Å²) in [5, 5.41) is 6.39. The van der Waals surface area contributed by atoms with Gasteiger partial charge in [0.15, 0.2) is 6.61 Å². The highest BCUT2D eigenvalue weighted by Crippen LogP contribution is 2.41. The fourth-order valence-electron chi connectivity index (χ4n) is 4.76. The lowest BCUT2D eigenvalue weighted by Crippen LogP contribution is -2.36. The molecule has 3 amide bonds. The molecule has 1 aliphatic carbocycles. The van der Waals surface area contributed by atoms with Crippen molar-refractivity contribution in [3.63, 3.8) is 0 Å². The number of hydrogen-bond acceptors (Lipinski definition) is 5. The molecule has 2 aliphatic rings. The van der Waals surface area contributed by atoms with E-state index >= 15 is 0 Å². The monoisotopic (exact) mass is 588 g/mol. The normalized spacial score (nSPS) is 15.9. The van der Waals surface area contributed by atoms with Gasteiger partial charge in [0.05, 0.1) is 16.2 Å². The highest BCUT2D eigenvalue weighted by Gasteiger charge is 2.31. The number of alkyl halides is 3. The van der Waals surface area contributed by atoms with E-state index in [0.717, 1.165) is 12.8 Å². The Labute approximate surface area is 239 Å². The number of amides is 3. The van der Waals surface area contributed by atoms with Crippen LogP contribution in [0.15, 0.2) is 55.3 Å². The number of anilines is 1. The number of halogens is 4. The average molecular weight is 589 g/mol. The zero-order valence-corrected chi connectivity index (χ0v) is 22.7. The van der Waals surface area contributed by atoms with Crippen molar-refractivity contribution in [2.75, 3.05) is 25.0 Å². The van der Waals surface area contributed by atoms with Crippen LogP contribution in [0.2, 0.25) is 5.02 Å². The first kappa shape index (κ1) is 28.5. The molecule has 3 aromatic rings. The first-order chi connectivity index (χ1) is 19.6. The fraction of sp³-hybridized carbons (Fsp3) is 0.345. The third-order valence-electron chi connectivity index (χ3n) is 6.97. The minimum absolute atomic E-state index is 0.0934. The second-order valence-corrected chi connectivity index (χ2v) is 10.4. The van der Waals surface area contributed by atoms with E-state index in [9.17, 15) is 22.8 Å². The lowest BCUT2D eigenvalue weighted by Gasteiger charge is -2.32. The summed E-state index contributed by atoms with van der Waals surface area (Å²) in [4.78, 5) is 30.1. The number of piperidine rings is 1. The fourth-order valence-corrected chi connectivity index (χ4v) is 4.97. The first-order valence-electron chi connectivity index (χ1n) is 13.2. The quantitative estimate of drug-likeness (QED) is 0.282. The Hall–Kier alpha value is -3.99. The van der Waals surface area contributed by atoms with Gasteiger partial charge in [0, 0.05) is 42.8 Å².